The van der Waals surface area contributed by atoms with Crippen LogP contribution in [0.25, 0.3) is 95.2 Å². The molecule has 0 aliphatic rings. The van der Waals surface area contributed by atoms with Crippen LogP contribution in [0.3, 0.4) is 0 Å². The molecule has 56 heavy (non-hydrogen) atoms. The van der Waals surface area contributed by atoms with Gasteiger partial charge in [0.2, 0.25) is 0 Å². The second kappa shape index (κ2) is 13.8. The monoisotopic (exact) mass is 718 g/mol. The minimum absolute atomic E-state index is 0.709. The van der Waals surface area contributed by atoms with Gasteiger partial charge in [-0.3, -0.25) is 0 Å². The largest absolute Gasteiger partial charge is 0.313 e. The molecule has 3 aromatic heterocycles. The van der Waals surface area contributed by atoms with Gasteiger partial charge in [-0.15, -0.1) is 0 Å². The number of para-hydroxylation sites is 3. The Morgan fingerprint density at radius 3 is 1.46 bits per heavy atom. The van der Waals surface area contributed by atoms with Crippen LogP contribution in [0.4, 0.5) is 0 Å². The molecule has 4 nitrogen and oxygen atoms in total. The minimum atomic E-state index is 0.709. The molecule has 7 aromatic carbocycles. The fraction of sp³-hybridized carbons (Fsp3) is 0.0385. The van der Waals surface area contributed by atoms with E-state index >= 15 is 0 Å². The first-order chi connectivity index (χ1) is 27.6. The Kier molecular flexibility index (Phi) is 8.23. The lowest BCUT2D eigenvalue weighted by atomic mass is 10.0. The molecule has 0 N–H and O–H groups in total. The first-order valence-electron chi connectivity index (χ1n) is 19.1. The highest BCUT2D eigenvalue weighted by Gasteiger charge is 2.18. The summed E-state index contributed by atoms with van der Waals surface area (Å²) in [5.41, 5.74) is 15.3. The van der Waals surface area contributed by atoms with E-state index in [0.29, 0.717) is 5.82 Å². The Morgan fingerprint density at radius 2 is 0.875 bits per heavy atom. The van der Waals surface area contributed by atoms with E-state index in [1.165, 1.54) is 44.0 Å². The third-order valence-corrected chi connectivity index (χ3v) is 10.8. The van der Waals surface area contributed by atoms with Gasteiger partial charge in [0.25, 0.3) is 0 Å². The standard InChI is InChI=1S/C52H38N4/c1-3-16-43-35(2)55(49-24-13-10-21-44(43)49)41-31-40(32-42(33-41)56-50-25-14-11-22-45(50)46-23-12-15-26-51(46)56)36-27-29-38(30-28-36)48-34-47(37-17-6-4-7-18-37)53-52(54-48)39-19-8-5-9-20-39/h3-34H,1-2H3/b16-3-. The Balaban J connectivity index is 1.16. The van der Waals surface area contributed by atoms with Gasteiger partial charge in [0, 0.05) is 55.5 Å². The highest BCUT2D eigenvalue weighted by Crippen LogP contribution is 2.38. The van der Waals surface area contributed by atoms with Gasteiger partial charge in [0.1, 0.15) is 0 Å². The number of allylic oxidation sites excluding steroid dienone is 1. The van der Waals surface area contributed by atoms with E-state index in [2.05, 4.69) is 193 Å². The van der Waals surface area contributed by atoms with Crippen molar-refractivity contribution in [3.05, 3.63) is 199 Å². The number of benzene rings is 7. The second-order valence-corrected chi connectivity index (χ2v) is 14.2. The van der Waals surface area contributed by atoms with E-state index < -0.39 is 0 Å². The quantitative estimate of drug-likeness (QED) is 0.164. The minimum Gasteiger partial charge on any atom is -0.313 e. The van der Waals surface area contributed by atoms with Crippen LogP contribution in [0.2, 0.25) is 0 Å². The molecule has 0 atom stereocenters. The topological polar surface area (TPSA) is 35.6 Å². The van der Waals surface area contributed by atoms with Crippen molar-refractivity contribution < 1.29 is 0 Å². The molecule has 0 saturated carbocycles. The number of hydrogen-bond donors (Lipinski definition) is 0. The van der Waals surface area contributed by atoms with Gasteiger partial charge in [0.15, 0.2) is 5.82 Å². The maximum Gasteiger partial charge on any atom is 0.160 e. The van der Waals surface area contributed by atoms with Crippen molar-refractivity contribution in [3.8, 4) is 56.4 Å². The molecule has 10 aromatic rings. The zero-order valence-corrected chi connectivity index (χ0v) is 31.3. The van der Waals surface area contributed by atoms with E-state index in [1.807, 2.05) is 24.3 Å². The van der Waals surface area contributed by atoms with Crippen LogP contribution in [-0.2, 0) is 0 Å². The maximum atomic E-state index is 5.09. The first kappa shape index (κ1) is 33.3. The number of fused-ring (bicyclic) bond motifs is 4. The van der Waals surface area contributed by atoms with Gasteiger partial charge in [-0.1, -0.05) is 152 Å². The average Bonchev–Trinajstić information content (AvgIpc) is 3.75. The molecule has 10 rings (SSSR count). The Morgan fingerprint density at radius 1 is 0.411 bits per heavy atom. The first-order valence-corrected chi connectivity index (χ1v) is 19.1. The van der Waals surface area contributed by atoms with Crippen LogP contribution in [0.5, 0.6) is 0 Å². The van der Waals surface area contributed by atoms with Crippen LogP contribution in [0.1, 0.15) is 18.2 Å². The molecule has 0 amide bonds. The highest BCUT2D eigenvalue weighted by molar-refractivity contribution is 6.09. The van der Waals surface area contributed by atoms with Crippen LogP contribution >= 0.6 is 0 Å². The molecule has 4 heteroatoms. The lowest BCUT2D eigenvalue weighted by Gasteiger charge is -2.16. The number of hydrogen-bond acceptors (Lipinski definition) is 2. The summed E-state index contributed by atoms with van der Waals surface area (Å²) in [5.74, 6) is 0.709. The van der Waals surface area contributed by atoms with Crippen LogP contribution < -0.4 is 0 Å². The van der Waals surface area contributed by atoms with E-state index in [0.717, 1.165) is 50.6 Å². The second-order valence-electron chi connectivity index (χ2n) is 14.2. The summed E-state index contributed by atoms with van der Waals surface area (Å²) in [6, 6.07) is 64.6. The van der Waals surface area contributed by atoms with E-state index in [-0.39, 0.29) is 0 Å². The summed E-state index contributed by atoms with van der Waals surface area (Å²) in [4.78, 5) is 10.1. The predicted octanol–water partition coefficient (Wildman–Crippen LogP) is 13.5. The van der Waals surface area contributed by atoms with Crippen LogP contribution in [0.15, 0.2) is 188 Å². The number of nitrogens with zero attached hydrogens (tertiary/aromatic N) is 4. The van der Waals surface area contributed by atoms with Crippen molar-refractivity contribution >= 4 is 38.8 Å². The van der Waals surface area contributed by atoms with Gasteiger partial charge in [-0.25, -0.2) is 9.97 Å². The smallest absolute Gasteiger partial charge is 0.160 e. The lowest BCUT2D eigenvalue weighted by molar-refractivity contribution is 1.04. The average molecular weight is 719 g/mol. The molecule has 0 aliphatic carbocycles. The normalized spacial score (nSPS) is 11.7. The zero-order chi connectivity index (χ0) is 37.6. The molecule has 0 fully saturated rings. The number of rotatable bonds is 7. The van der Waals surface area contributed by atoms with Gasteiger partial charge < -0.3 is 9.13 Å². The molecular weight excluding hydrogens is 681 g/mol. The lowest BCUT2D eigenvalue weighted by Crippen LogP contribution is -2.01. The van der Waals surface area contributed by atoms with Crippen LogP contribution in [-0.4, -0.2) is 19.1 Å². The summed E-state index contributed by atoms with van der Waals surface area (Å²) in [6.45, 7) is 4.31. The third-order valence-electron chi connectivity index (χ3n) is 10.8. The van der Waals surface area contributed by atoms with Gasteiger partial charge in [-0.2, -0.15) is 0 Å². The zero-order valence-electron chi connectivity index (χ0n) is 31.3. The summed E-state index contributed by atoms with van der Waals surface area (Å²) in [5, 5.41) is 3.73. The summed E-state index contributed by atoms with van der Waals surface area (Å²) >= 11 is 0. The molecule has 3 heterocycles. The van der Waals surface area contributed by atoms with Crippen molar-refractivity contribution in [2.75, 3.05) is 0 Å². The molecule has 0 radical (unpaired) electrons. The Hall–Kier alpha value is -7.30. The Bertz CT molecular complexity index is 2970. The van der Waals surface area contributed by atoms with Crippen LogP contribution in [0, 0.1) is 6.92 Å². The van der Waals surface area contributed by atoms with E-state index in [9.17, 15) is 0 Å². The maximum absolute atomic E-state index is 5.09. The van der Waals surface area contributed by atoms with Gasteiger partial charge in [0.05, 0.1) is 27.9 Å². The molecule has 266 valence electrons. The van der Waals surface area contributed by atoms with Gasteiger partial charge >= 0.3 is 0 Å². The number of aromatic nitrogens is 4. The SMILES string of the molecule is C/C=C\c1c(C)n(-c2cc(-c3ccc(-c4cc(-c5ccccc5)nc(-c5ccccc5)n4)cc3)cc(-n3c4ccccc4c4ccccc43)c2)c2ccccc12. The van der Waals surface area contributed by atoms with Crippen molar-refractivity contribution in [2.24, 2.45) is 0 Å². The molecule has 0 unspecified atom stereocenters. The third kappa shape index (κ3) is 5.71. The summed E-state index contributed by atoms with van der Waals surface area (Å²) in [6.07, 6.45) is 4.36. The van der Waals surface area contributed by atoms with Crippen molar-refractivity contribution in [1.82, 2.24) is 19.1 Å². The predicted molar refractivity (Wildman–Crippen MR) is 234 cm³/mol. The van der Waals surface area contributed by atoms with E-state index in [4.69, 9.17) is 9.97 Å². The van der Waals surface area contributed by atoms with Crippen molar-refractivity contribution in [1.29, 1.82) is 0 Å². The summed E-state index contributed by atoms with van der Waals surface area (Å²) in [7, 11) is 0. The highest BCUT2D eigenvalue weighted by atomic mass is 15.0. The molecule has 0 bridgehead atoms. The molecule has 0 spiro atoms. The molecular formula is C52H38N4. The van der Waals surface area contributed by atoms with E-state index in [1.54, 1.807) is 0 Å². The molecule has 0 saturated heterocycles. The fourth-order valence-electron chi connectivity index (χ4n) is 8.22. The van der Waals surface area contributed by atoms with Crippen molar-refractivity contribution in [2.45, 2.75) is 13.8 Å². The van der Waals surface area contributed by atoms with Gasteiger partial charge in [-0.05, 0) is 67.4 Å². The molecule has 0 aliphatic heterocycles. The Labute approximate surface area is 326 Å². The summed E-state index contributed by atoms with van der Waals surface area (Å²) < 4.78 is 4.83. The fourth-order valence-corrected chi connectivity index (χ4v) is 8.22. The van der Waals surface area contributed by atoms with Crippen molar-refractivity contribution in [3.63, 3.8) is 0 Å².